The molecule has 0 fully saturated rings. The van der Waals surface area contributed by atoms with Gasteiger partial charge in [-0.1, -0.05) is 25.5 Å². The Morgan fingerprint density at radius 1 is 0.830 bits per heavy atom. The first kappa shape index (κ1) is 37.4. The molecular weight excluding hydrogens is 598 g/mol. The van der Waals surface area contributed by atoms with Crippen LogP contribution in [0.2, 0.25) is 0 Å². The summed E-state index contributed by atoms with van der Waals surface area (Å²) in [6.07, 6.45) is 6.17. The maximum atomic E-state index is 12.6. The summed E-state index contributed by atoms with van der Waals surface area (Å²) in [4.78, 5) is 37.7. The fourth-order valence-corrected chi connectivity index (χ4v) is 4.75. The molecule has 47 heavy (non-hydrogen) atoms. The van der Waals surface area contributed by atoms with Crippen LogP contribution in [0.4, 0.5) is 11.8 Å². The van der Waals surface area contributed by atoms with Crippen LogP contribution < -0.4 is 37.6 Å². The minimum atomic E-state index is -0.344. The quantitative estimate of drug-likeness (QED) is 0.0742. The number of aromatic hydroxyl groups is 1. The monoisotopic (exact) mass is 653 g/mol. The van der Waals surface area contributed by atoms with Gasteiger partial charge in [0.25, 0.3) is 11.9 Å². The third-order valence-corrected chi connectivity index (χ3v) is 7.38. The van der Waals surface area contributed by atoms with Gasteiger partial charge in [-0.15, -0.1) is 0 Å². The second kappa shape index (κ2) is 19.6. The van der Waals surface area contributed by atoms with E-state index >= 15 is 0 Å². The number of aromatic nitrogens is 4. The van der Waals surface area contributed by atoms with E-state index in [1.807, 2.05) is 0 Å². The van der Waals surface area contributed by atoms with Gasteiger partial charge in [0.2, 0.25) is 11.9 Å². The molecule has 0 aliphatic carbocycles. The lowest BCUT2D eigenvalue weighted by Gasteiger charge is -2.20. The summed E-state index contributed by atoms with van der Waals surface area (Å²) < 4.78 is 1.54. The third-order valence-electron chi connectivity index (χ3n) is 7.38. The zero-order valence-corrected chi connectivity index (χ0v) is 28.5. The molecule has 2 aromatic heterocycles. The van der Waals surface area contributed by atoms with Crippen LogP contribution in [0.15, 0.2) is 24.3 Å². The van der Waals surface area contributed by atoms with Crippen LogP contribution in [-0.4, -0.2) is 94.3 Å². The number of hydrogen-bond donors (Lipinski definition) is 8. The molecule has 0 aliphatic rings. The van der Waals surface area contributed by atoms with Crippen molar-refractivity contribution < 1.29 is 14.7 Å². The summed E-state index contributed by atoms with van der Waals surface area (Å²) in [5.74, 6) is -0.0154. The maximum absolute atomic E-state index is 12.6. The number of imidazole rings is 1. The number of nitrogens with two attached hydrogens (primary N) is 1. The van der Waals surface area contributed by atoms with Crippen LogP contribution >= 0.6 is 0 Å². The number of rotatable bonds is 22. The summed E-state index contributed by atoms with van der Waals surface area (Å²) in [5, 5.41) is 29.5. The number of nitrogen functional groups attached to an aromatic ring is 1. The Hall–Kier alpha value is -4.01. The third kappa shape index (κ3) is 13.7. The largest absolute Gasteiger partial charge is 0.480 e. The van der Waals surface area contributed by atoms with Gasteiger partial charge in [-0.2, -0.15) is 15.0 Å². The number of fused-ring (bicyclic) bond motifs is 1. The average Bonchev–Trinajstić information content (AvgIpc) is 3.35. The minimum absolute atomic E-state index is 0.0993. The van der Waals surface area contributed by atoms with Crippen molar-refractivity contribution in [1.29, 1.82) is 0 Å². The number of hydrogen-bond acceptors (Lipinski definition) is 11. The Balaban J connectivity index is 1.29. The van der Waals surface area contributed by atoms with Crippen molar-refractivity contribution >= 4 is 34.7 Å². The molecule has 260 valence electrons. The smallest absolute Gasteiger partial charge is 0.296 e. The first-order valence-corrected chi connectivity index (χ1v) is 16.8. The molecule has 2 heterocycles. The van der Waals surface area contributed by atoms with Crippen LogP contribution in [0.25, 0.3) is 11.2 Å². The number of nitrogens with zero attached hydrogens (tertiary/aromatic N) is 4. The Morgan fingerprint density at radius 2 is 1.49 bits per heavy atom. The van der Waals surface area contributed by atoms with Gasteiger partial charge >= 0.3 is 0 Å². The molecule has 14 nitrogen and oxygen atoms in total. The van der Waals surface area contributed by atoms with E-state index < -0.39 is 0 Å². The van der Waals surface area contributed by atoms with Crippen LogP contribution in [0, 0.1) is 0 Å². The van der Waals surface area contributed by atoms with E-state index in [0.29, 0.717) is 35.8 Å². The van der Waals surface area contributed by atoms with Gasteiger partial charge in [-0.05, 0) is 103 Å². The highest BCUT2D eigenvalue weighted by molar-refractivity contribution is 5.96. The predicted molar refractivity (Wildman–Crippen MR) is 188 cm³/mol. The Labute approximate surface area is 278 Å². The van der Waals surface area contributed by atoms with E-state index in [2.05, 4.69) is 74.5 Å². The number of unbranched alkanes of at least 4 members (excludes halogenated alkanes) is 2. The fourth-order valence-electron chi connectivity index (χ4n) is 4.75. The van der Waals surface area contributed by atoms with Crippen LogP contribution in [0.3, 0.4) is 0 Å². The van der Waals surface area contributed by atoms with Gasteiger partial charge in [0, 0.05) is 24.2 Å². The van der Waals surface area contributed by atoms with Gasteiger partial charge < -0.3 is 42.7 Å². The Bertz CT molecular complexity index is 1390. The second-order valence-corrected chi connectivity index (χ2v) is 12.7. The number of benzene rings is 1. The van der Waals surface area contributed by atoms with Crippen LogP contribution in [0.1, 0.15) is 82.1 Å². The Kier molecular flexibility index (Phi) is 15.6. The Morgan fingerprint density at radius 3 is 2.15 bits per heavy atom. The highest BCUT2D eigenvalue weighted by atomic mass is 16.3. The highest BCUT2D eigenvalue weighted by Gasteiger charge is 2.17. The van der Waals surface area contributed by atoms with Gasteiger partial charge in [0.15, 0.2) is 17.0 Å². The summed E-state index contributed by atoms with van der Waals surface area (Å²) in [5.41, 5.74) is 8.22. The normalized spacial score (nSPS) is 11.6. The summed E-state index contributed by atoms with van der Waals surface area (Å²) in [7, 11) is 0. The zero-order valence-electron chi connectivity index (χ0n) is 28.5. The molecule has 14 heteroatoms. The topological polar surface area (TPSA) is 196 Å². The summed E-state index contributed by atoms with van der Waals surface area (Å²) in [6, 6.07) is 6.68. The second-order valence-electron chi connectivity index (χ2n) is 12.7. The molecule has 1 aromatic carbocycles. The number of nitrogens with one attached hydrogen (secondary N) is 6. The van der Waals surface area contributed by atoms with Crippen molar-refractivity contribution in [2.75, 3.05) is 63.4 Å². The van der Waals surface area contributed by atoms with Crippen molar-refractivity contribution in [3.63, 3.8) is 0 Å². The minimum Gasteiger partial charge on any atom is -0.480 e. The molecule has 3 aromatic rings. The molecule has 0 bridgehead atoms. The van der Waals surface area contributed by atoms with E-state index in [4.69, 9.17) is 5.73 Å². The van der Waals surface area contributed by atoms with E-state index in [-0.39, 0.29) is 42.3 Å². The van der Waals surface area contributed by atoms with Gasteiger partial charge in [0.1, 0.15) is 0 Å². The lowest BCUT2D eigenvalue weighted by Crippen LogP contribution is -2.37. The number of carbonyl (C=O) groups is 2. The first-order valence-electron chi connectivity index (χ1n) is 16.8. The van der Waals surface area contributed by atoms with E-state index in [0.717, 1.165) is 76.8 Å². The van der Waals surface area contributed by atoms with Crippen molar-refractivity contribution in [1.82, 2.24) is 46.1 Å². The number of anilines is 2. The van der Waals surface area contributed by atoms with E-state index in [9.17, 15) is 14.7 Å². The lowest BCUT2D eigenvalue weighted by molar-refractivity contribution is -0.120. The highest BCUT2D eigenvalue weighted by Crippen LogP contribution is 2.25. The standard InChI is InChI=1S/C33H55N11O3/c1-5-6-19-38-31-42-28(34)27-29(43-31)44(32(47)41-27)23-24-11-13-25(14-12-24)30(46)39-22-26(45)37-20-9-17-35-15-7-8-16-36-18-10-21-40-33(2,3)4/h11-14,35-36,40H,5-10,15-23H2,1-4H3,(H,37,45)(H,39,46)(H,41,47)(H3,34,38,42,43). The summed E-state index contributed by atoms with van der Waals surface area (Å²) in [6.45, 7) is 14.9. The molecule has 2 amide bonds. The van der Waals surface area contributed by atoms with E-state index in [1.54, 1.807) is 28.8 Å². The molecule has 3 rings (SSSR count). The zero-order chi connectivity index (χ0) is 34.1. The average molecular weight is 654 g/mol. The van der Waals surface area contributed by atoms with Crippen molar-refractivity contribution in [3.8, 4) is 6.01 Å². The lowest BCUT2D eigenvalue weighted by atomic mass is 10.1. The van der Waals surface area contributed by atoms with Gasteiger partial charge in [-0.25, -0.2) is 0 Å². The van der Waals surface area contributed by atoms with Crippen LogP contribution in [-0.2, 0) is 11.3 Å². The molecule has 0 atom stereocenters. The molecule has 0 aliphatic heterocycles. The SMILES string of the molecule is CCCCNc1nc(N)c2nc(O)n(Cc3ccc(C(=O)NCC(=O)NCCCNCCCCNCCCNC(C)(C)C)cc3)c2n1. The molecule has 0 spiro atoms. The maximum Gasteiger partial charge on any atom is 0.296 e. The molecule has 0 saturated carbocycles. The molecule has 0 radical (unpaired) electrons. The van der Waals surface area contributed by atoms with Crippen molar-refractivity contribution in [2.45, 2.75) is 78.3 Å². The molecular formula is C33H55N11O3. The first-order chi connectivity index (χ1) is 22.6. The fraction of sp³-hybridized carbons (Fsp3) is 0.606. The summed E-state index contributed by atoms with van der Waals surface area (Å²) >= 11 is 0. The van der Waals surface area contributed by atoms with Crippen LogP contribution in [0.5, 0.6) is 6.01 Å². The predicted octanol–water partition coefficient (Wildman–Crippen LogP) is 2.35. The van der Waals surface area contributed by atoms with Crippen molar-refractivity contribution in [2.24, 2.45) is 0 Å². The van der Waals surface area contributed by atoms with Gasteiger partial charge in [0.05, 0.1) is 13.1 Å². The molecule has 0 unspecified atom stereocenters. The molecule has 0 saturated heterocycles. The number of amides is 2. The van der Waals surface area contributed by atoms with E-state index in [1.165, 1.54) is 0 Å². The van der Waals surface area contributed by atoms with Crippen molar-refractivity contribution in [3.05, 3.63) is 35.4 Å². The molecule has 9 N–H and O–H groups in total. The number of carbonyl (C=O) groups excluding carboxylic acids is 2. The van der Waals surface area contributed by atoms with Gasteiger partial charge in [-0.3, -0.25) is 14.2 Å².